The van der Waals surface area contributed by atoms with Gasteiger partial charge in [0.15, 0.2) is 0 Å². The van der Waals surface area contributed by atoms with E-state index in [9.17, 15) is 9.59 Å². The number of nitrogens with zero attached hydrogens (tertiary/aromatic N) is 2. The first kappa shape index (κ1) is 17.7. The number of rotatable bonds is 3. The van der Waals surface area contributed by atoms with Gasteiger partial charge in [0, 0.05) is 13.1 Å². The number of carbonyl (C=O) groups excluding carboxylic acids is 2. The summed E-state index contributed by atoms with van der Waals surface area (Å²) < 4.78 is 0. The molecule has 2 aromatic carbocycles. The monoisotopic (exact) mass is 363 g/mol. The fraction of sp³-hybridized carbons (Fsp3) is 0.364. The summed E-state index contributed by atoms with van der Waals surface area (Å²) in [6.45, 7) is 4.80. The van der Waals surface area contributed by atoms with Crippen LogP contribution in [-0.4, -0.2) is 36.3 Å². The highest BCUT2D eigenvalue weighted by Crippen LogP contribution is 2.31. The molecule has 2 aliphatic rings. The molecule has 0 bridgehead atoms. The maximum Gasteiger partial charge on any atom is 0.244 e. The maximum absolute atomic E-state index is 13.2. The lowest BCUT2D eigenvalue weighted by atomic mass is 9.95. The predicted molar refractivity (Wildman–Crippen MR) is 107 cm³/mol. The first-order valence-electron chi connectivity index (χ1n) is 9.58. The highest BCUT2D eigenvalue weighted by molar-refractivity contribution is 6.10. The van der Waals surface area contributed by atoms with Gasteiger partial charge in [-0.25, -0.2) is 0 Å². The van der Waals surface area contributed by atoms with Gasteiger partial charge in [0.25, 0.3) is 0 Å². The molecular formula is C22H25N3O2. The molecule has 2 heterocycles. The Morgan fingerprint density at radius 1 is 1.15 bits per heavy atom. The third kappa shape index (κ3) is 3.88. The molecule has 2 amide bonds. The van der Waals surface area contributed by atoms with Crippen LogP contribution in [0, 0.1) is 12.8 Å². The Hall–Kier alpha value is -2.66. The highest BCUT2D eigenvalue weighted by Gasteiger charge is 2.33. The summed E-state index contributed by atoms with van der Waals surface area (Å²) in [7, 11) is 0. The Kier molecular flexibility index (Phi) is 4.94. The molecule has 2 aliphatic heterocycles. The zero-order valence-corrected chi connectivity index (χ0v) is 15.6. The van der Waals surface area contributed by atoms with Crippen LogP contribution in [0.25, 0.3) is 0 Å². The van der Waals surface area contributed by atoms with E-state index >= 15 is 0 Å². The number of para-hydroxylation sites is 2. The molecule has 140 valence electrons. The predicted octanol–water partition coefficient (Wildman–Crippen LogP) is 3.19. The Balaban J connectivity index is 1.47. The van der Waals surface area contributed by atoms with Crippen molar-refractivity contribution in [1.82, 2.24) is 4.90 Å². The lowest BCUT2D eigenvalue weighted by Gasteiger charge is -2.36. The van der Waals surface area contributed by atoms with Crippen LogP contribution in [0.5, 0.6) is 0 Å². The molecule has 0 aromatic heterocycles. The molecule has 1 N–H and O–H groups in total. The van der Waals surface area contributed by atoms with E-state index in [-0.39, 0.29) is 24.3 Å². The number of benzene rings is 2. The first-order valence-corrected chi connectivity index (χ1v) is 9.58. The van der Waals surface area contributed by atoms with Crippen molar-refractivity contribution < 1.29 is 9.59 Å². The highest BCUT2D eigenvalue weighted by atomic mass is 16.2. The van der Waals surface area contributed by atoms with Crippen LogP contribution < -0.4 is 10.2 Å². The Labute approximate surface area is 160 Å². The van der Waals surface area contributed by atoms with Crippen LogP contribution in [0.15, 0.2) is 48.5 Å². The van der Waals surface area contributed by atoms with Crippen molar-refractivity contribution in [2.24, 2.45) is 5.92 Å². The second kappa shape index (κ2) is 7.53. The number of fused-ring (bicyclic) bond motifs is 1. The van der Waals surface area contributed by atoms with Crippen molar-refractivity contribution in [1.29, 1.82) is 0 Å². The molecule has 5 nitrogen and oxygen atoms in total. The zero-order chi connectivity index (χ0) is 18.8. The van der Waals surface area contributed by atoms with Crippen molar-refractivity contribution in [3.05, 3.63) is 59.7 Å². The van der Waals surface area contributed by atoms with E-state index in [0.29, 0.717) is 0 Å². The van der Waals surface area contributed by atoms with Crippen LogP contribution in [0.1, 0.15) is 24.0 Å². The van der Waals surface area contributed by atoms with Crippen LogP contribution in [0.2, 0.25) is 0 Å². The summed E-state index contributed by atoms with van der Waals surface area (Å²) in [4.78, 5) is 29.3. The quantitative estimate of drug-likeness (QED) is 0.911. The zero-order valence-electron chi connectivity index (χ0n) is 15.6. The SMILES string of the molecule is Cc1ccc(CN2CCCC(C(=O)N3CC(=O)Nc4ccccc43)C2)cc1. The molecule has 2 aromatic rings. The molecule has 1 atom stereocenters. The smallest absolute Gasteiger partial charge is 0.244 e. The van der Waals surface area contributed by atoms with E-state index in [2.05, 4.69) is 41.4 Å². The van der Waals surface area contributed by atoms with E-state index in [1.807, 2.05) is 24.3 Å². The summed E-state index contributed by atoms with van der Waals surface area (Å²) in [6.07, 6.45) is 1.88. The van der Waals surface area contributed by atoms with Gasteiger partial charge in [0.2, 0.25) is 11.8 Å². The third-order valence-electron chi connectivity index (χ3n) is 5.42. The van der Waals surface area contributed by atoms with E-state index < -0.39 is 0 Å². The van der Waals surface area contributed by atoms with Gasteiger partial charge in [-0.05, 0) is 44.0 Å². The molecule has 1 fully saturated rings. The molecule has 0 spiro atoms. The Morgan fingerprint density at radius 2 is 1.93 bits per heavy atom. The minimum absolute atomic E-state index is 0.0610. The number of anilines is 2. The minimum Gasteiger partial charge on any atom is -0.323 e. The molecule has 27 heavy (non-hydrogen) atoms. The average molecular weight is 363 g/mol. The summed E-state index contributed by atoms with van der Waals surface area (Å²) in [6, 6.07) is 16.1. The molecule has 1 unspecified atom stereocenters. The fourth-order valence-electron chi connectivity index (χ4n) is 4.00. The molecular weight excluding hydrogens is 338 g/mol. The normalized spacial score (nSPS) is 20.1. The van der Waals surface area contributed by atoms with Gasteiger partial charge in [-0.1, -0.05) is 42.0 Å². The summed E-state index contributed by atoms with van der Waals surface area (Å²) >= 11 is 0. The molecule has 1 saturated heterocycles. The van der Waals surface area contributed by atoms with Gasteiger partial charge >= 0.3 is 0 Å². The van der Waals surface area contributed by atoms with Crippen molar-refractivity contribution >= 4 is 23.2 Å². The number of likely N-dealkylation sites (tertiary alicyclic amines) is 1. The summed E-state index contributed by atoms with van der Waals surface area (Å²) in [5, 5.41) is 2.85. The lowest BCUT2D eigenvalue weighted by molar-refractivity contribution is -0.126. The van der Waals surface area contributed by atoms with Gasteiger partial charge in [-0.3, -0.25) is 14.5 Å². The number of aryl methyl sites for hydroxylation is 1. The summed E-state index contributed by atoms with van der Waals surface area (Å²) in [5.41, 5.74) is 4.05. The number of piperidine rings is 1. The lowest BCUT2D eigenvalue weighted by Crippen LogP contribution is -2.48. The second-order valence-corrected chi connectivity index (χ2v) is 7.55. The first-order chi connectivity index (χ1) is 13.1. The number of hydrogen-bond donors (Lipinski definition) is 1. The van der Waals surface area contributed by atoms with Gasteiger partial charge in [0.05, 0.1) is 17.3 Å². The number of amides is 2. The Morgan fingerprint density at radius 3 is 2.74 bits per heavy atom. The van der Waals surface area contributed by atoms with Gasteiger partial charge in [0.1, 0.15) is 6.54 Å². The van der Waals surface area contributed by atoms with Crippen LogP contribution in [0.4, 0.5) is 11.4 Å². The topological polar surface area (TPSA) is 52.7 Å². The molecule has 0 radical (unpaired) electrons. The van der Waals surface area contributed by atoms with Crippen molar-refractivity contribution in [2.45, 2.75) is 26.3 Å². The second-order valence-electron chi connectivity index (χ2n) is 7.55. The van der Waals surface area contributed by atoms with Crippen molar-refractivity contribution in [2.75, 3.05) is 29.9 Å². The minimum atomic E-state index is -0.130. The number of nitrogens with one attached hydrogen (secondary N) is 1. The maximum atomic E-state index is 13.2. The van der Waals surface area contributed by atoms with Crippen molar-refractivity contribution in [3.8, 4) is 0 Å². The van der Waals surface area contributed by atoms with E-state index in [4.69, 9.17) is 0 Å². The molecule has 4 rings (SSSR count). The standard InChI is InChI=1S/C22H25N3O2/c1-16-8-10-17(11-9-16)13-24-12-4-5-18(14-24)22(27)25-15-21(26)23-19-6-2-3-7-20(19)25/h2-3,6-11,18H,4-5,12-15H2,1H3,(H,23,26). The Bertz CT molecular complexity index is 847. The van der Waals surface area contributed by atoms with Crippen LogP contribution >= 0.6 is 0 Å². The number of hydrogen-bond acceptors (Lipinski definition) is 3. The van der Waals surface area contributed by atoms with Crippen molar-refractivity contribution in [3.63, 3.8) is 0 Å². The summed E-state index contributed by atoms with van der Waals surface area (Å²) in [5.74, 6) is -0.136. The van der Waals surface area contributed by atoms with Gasteiger partial charge in [-0.2, -0.15) is 0 Å². The molecule has 5 heteroatoms. The van der Waals surface area contributed by atoms with Gasteiger partial charge in [-0.15, -0.1) is 0 Å². The van der Waals surface area contributed by atoms with E-state index in [1.54, 1.807) is 4.90 Å². The molecule has 0 aliphatic carbocycles. The average Bonchev–Trinajstić information content (AvgIpc) is 2.69. The van der Waals surface area contributed by atoms with Gasteiger partial charge < -0.3 is 10.2 Å². The van der Waals surface area contributed by atoms with Crippen LogP contribution in [-0.2, 0) is 16.1 Å². The van der Waals surface area contributed by atoms with E-state index in [1.165, 1.54) is 11.1 Å². The fourth-order valence-corrected chi connectivity index (χ4v) is 4.00. The number of carbonyl (C=O) groups is 2. The van der Waals surface area contributed by atoms with Crippen LogP contribution in [0.3, 0.4) is 0 Å². The molecule has 0 saturated carbocycles. The largest absolute Gasteiger partial charge is 0.323 e. The van der Waals surface area contributed by atoms with E-state index in [0.717, 1.165) is 43.9 Å². The third-order valence-corrected chi connectivity index (χ3v) is 5.42.